The van der Waals surface area contributed by atoms with Crippen LogP contribution in [0.25, 0.3) is 0 Å². The largest absolute Gasteiger partial charge is 0.288 e. The van der Waals surface area contributed by atoms with Gasteiger partial charge in [-0.3, -0.25) is 4.79 Å². The van der Waals surface area contributed by atoms with Gasteiger partial charge in [0.2, 0.25) is 5.78 Å². The second kappa shape index (κ2) is 5.22. The Balaban J connectivity index is 2.34. The van der Waals surface area contributed by atoms with Crippen LogP contribution in [0, 0.1) is 6.92 Å². The highest BCUT2D eigenvalue weighted by atomic mass is 79.9. The molecule has 0 saturated heterocycles. The highest BCUT2D eigenvalue weighted by Gasteiger charge is 2.19. The van der Waals surface area contributed by atoms with Gasteiger partial charge in [0.25, 0.3) is 0 Å². The van der Waals surface area contributed by atoms with Crippen molar-refractivity contribution >= 4 is 33.0 Å². The molecule has 2 aromatic rings. The van der Waals surface area contributed by atoms with Crippen molar-refractivity contribution in [1.29, 1.82) is 0 Å². The highest BCUT2D eigenvalue weighted by Crippen LogP contribution is 2.31. The number of halogens is 1. The first-order chi connectivity index (χ1) is 8.79. The molecule has 19 heavy (non-hydrogen) atoms. The SMILES string of the molecule is Cc1cc(C(=O)c2ccc(C(C)(C)C)s2)ccc1Br. The summed E-state index contributed by atoms with van der Waals surface area (Å²) in [4.78, 5) is 14.5. The van der Waals surface area contributed by atoms with E-state index in [1.165, 1.54) is 4.88 Å². The van der Waals surface area contributed by atoms with Gasteiger partial charge >= 0.3 is 0 Å². The van der Waals surface area contributed by atoms with Crippen molar-refractivity contribution in [2.24, 2.45) is 0 Å². The Morgan fingerprint density at radius 2 is 1.84 bits per heavy atom. The molecule has 0 aliphatic carbocycles. The van der Waals surface area contributed by atoms with Crippen LogP contribution in [0.5, 0.6) is 0 Å². The van der Waals surface area contributed by atoms with Crippen LogP contribution in [0.1, 0.15) is 46.4 Å². The maximum Gasteiger partial charge on any atom is 0.202 e. The second-order valence-electron chi connectivity index (χ2n) is 5.71. The molecule has 0 aliphatic rings. The van der Waals surface area contributed by atoms with E-state index in [-0.39, 0.29) is 11.2 Å². The minimum Gasteiger partial charge on any atom is -0.288 e. The Kier molecular flexibility index (Phi) is 3.98. The average molecular weight is 337 g/mol. The van der Waals surface area contributed by atoms with Gasteiger partial charge < -0.3 is 0 Å². The smallest absolute Gasteiger partial charge is 0.202 e. The summed E-state index contributed by atoms with van der Waals surface area (Å²) in [6.07, 6.45) is 0. The third-order valence-corrected chi connectivity index (χ3v) is 5.39. The van der Waals surface area contributed by atoms with Crippen LogP contribution in [0.3, 0.4) is 0 Å². The van der Waals surface area contributed by atoms with Crippen molar-refractivity contribution < 1.29 is 4.79 Å². The predicted molar refractivity (Wildman–Crippen MR) is 85.3 cm³/mol. The third kappa shape index (κ3) is 3.15. The molecular weight excluding hydrogens is 320 g/mol. The van der Waals surface area contributed by atoms with Crippen LogP contribution in [0.2, 0.25) is 0 Å². The molecule has 100 valence electrons. The van der Waals surface area contributed by atoms with Gasteiger partial charge in [0.1, 0.15) is 0 Å². The lowest BCUT2D eigenvalue weighted by Crippen LogP contribution is -2.08. The van der Waals surface area contributed by atoms with Crippen LogP contribution in [-0.2, 0) is 5.41 Å². The summed E-state index contributed by atoms with van der Waals surface area (Å²) in [5, 5.41) is 0. The molecule has 0 saturated carbocycles. The van der Waals surface area contributed by atoms with Gasteiger partial charge in [0.15, 0.2) is 0 Å². The van der Waals surface area contributed by atoms with Crippen molar-refractivity contribution in [2.45, 2.75) is 33.1 Å². The number of ketones is 1. The number of hydrogen-bond donors (Lipinski definition) is 0. The van der Waals surface area contributed by atoms with Gasteiger partial charge in [0, 0.05) is 14.9 Å². The van der Waals surface area contributed by atoms with E-state index in [4.69, 9.17) is 0 Å². The maximum absolute atomic E-state index is 12.4. The molecule has 0 aliphatic heterocycles. The fourth-order valence-electron chi connectivity index (χ4n) is 1.79. The fourth-order valence-corrected chi connectivity index (χ4v) is 3.06. The molecule has 0 unspecified atom stereocenters. The van der Waals surface area contributed by atoms with Crippen LogP contribution < -0.4 is 0 Å². The van der Waals surface area contributed by atoms with Gasteiger partial charge in [-0.15, -0.1) is 11.3 Å². The van der Waals surface area contributed by atoms with E-state index >= 15 is 0 Å². The molecule has 0 amide bonds. The molecule has 2 rings (SSSR count). The number of hydrogen-bond acceptors (Lipinski definition) is 2. The summed E-state index contributed by atoms with van der Waals surface area (Å²) in [6, 6.07) is 9.73. The molecule has 0 atom stereocenters. The van der Waals surface area contributed by atoms with Gasteiger partial charge in [-0.25, -0.2) is 0 Å². The summed E-state index contributed by atoms with van der Waals surface area (Å²) >= 11 is 5.05. The number of aryl methyl sites for hydroxylation is 1. The second-order valence-corrected chi connectivity index (χ2v) is 7.65. The normalized spacial score (nSPS) is 11.6. The lowest BCUT2D eigenvalue weighted by atomic mass is 9.95. The fraction of sp³-hybridized carbons (Fsp3) is 0.312. The van der Waals surface area contributed by atoms with Gasteiger partial charge in [-0.05, 0) is 48.2 Å². The monoisotopic (exact) mass is 336 g/mol. The lowest BCUT2D eigenvalue weighted by Gasteiger charge is -2.15. The number of thiophene rings is 1. The molecule has 1 aromatic carbocycles. The summed E-state index contributed by atoms with van der Waals surface area (Å²) in [7, 11) is 0. The Morgan fingerprint density at radius 3 is 2.37 bits per heavy atom. The van der Waals surface area contributed by atoms with Gasteiger partial charge in [-0.1, -0.05) is 36.7 Å². The highest BCUT2D eigenvalue weighted by molar-refractivity contribution is 9.10. The lowest BCUT2D eigenvalue weighted by molar-refractivity contribution is 0.104. The van der Waals surface area contributed by atoms with E-state index in [2.05, 4.69) is 42.8 Å². The zero-order valence-corrected chi connectivity index (χ0v) is 14.0. The molecular formula is C16H17BrOS. The Labute approximate surface area is 126 Å². The number of carbonyl (C=O) groups excluding carboxylic acids is 1. The number of carbonyl (C=O) groups is 1. The van der Waals surface area contributed by atoms with Crippen LogP contribution in [-0.4, -0.2) is 5.78 Å². The molecule has 3 heteroatoms. The predicted octanol–water partition coefficient (Wildman–Crippen LogP) is 5.35. The van der Waals surface area contributed by atoms with Crippen LogP contribution in [0.4, 0.5) is 0 Å². The van der Waals surface area contributed by atoms with E-state index in [0.717, 1.165) is 20.5 Å². The molecule has 0 radical (unpaired) electrons. The number of benzene rings is 1. The van der Waals surface area contributed by atoms with Crippen molar-refractivity contribution in [1.82, 2.24) is 0 Å². The van der Waals surface area contributed by atoms with Crippen molar-refractivity contribution in [3.05, 3.63) is 55.7 Å². The molecule has 0 fully saturated rings. The zero-order chi connectivity index (χ0) is 14.2. The summed E-state index contributed by atoms with van der Waals surface area (Å²) in [5.74, 6) is 0.108. The van der Waals surface area contributed by atoms with E-state index < -0.39 is 0 Å². The molecule has 1 aromatic heterocycles. The van der Waals surface area contributed by atoms with Crippen LogP contribution >= 0.6 is 27.3 Å². The summed E-state index contributed by atoms with van der Waals surface area (Å²) in [5.41, 5.74) is 1.93. The van der Waals surface area contributed by atoms with E-state index in [1.807, 2.05) is 31.2 Å². The molecule has 0 bridgehead atoms. The third-order valence-electron chi connectivity index (χ3n) is 2.99. The van der Waals surface area contributed by atoms with Gasteiger partial charge in [-0.2, -0.15) is 0 Å². The maximum atomic E-state index is 12.4. The first kappa shape index (κ1) is 14.5. The Hall–Kier alpha value is -0.930. The topological polar surface area (TPSA) is 17.1 Å². The summed E-state index contributed by atoms with van der Waals surface area (Å²) < 4.78 is 1.03. The molecule has 0 N–H and O–H groups in total. The zero-order valence-electron chi connectivity index (χ0n) is 11.6. The minimum atomic E-state index is 0.0961. The number of rotatable bonds is 2. The standard InChI is InChI=1S/C16H17BrOS/c1-10-9-11(5-6-12(10)17)15(18)13-7-8-14(19-13)16(2,3)4/h5-9H,1-4H3. The Bertz CT molecular complexity index is 620. The van der Waals surface area contributed by atoms with E-state index in [0.29, 0.717) is 0 Å². The van der Waals surface area contributed by atoms with Crippen LogP contribution in [0.15, 0.2) is 34.8 Å². The van der Waals surface area contributed by atoms with Crippen molar-refractivity contribution in [3.8, 4) is 0 Å². The molecule has 1 heterocycles. The minimum absolute atomic E-state index is 0.0961. The van der Waals surface area contributed by atoms with Gasteiger partial charge in [0.05, 0.1) is 4.88 Å². The molecule has 1 nitrogen and oxygen atoms in total. The summed E-state index contributed by atoms with van der Waals surface area (Å²) in [6.45, 7) is 8.49. The first-order valence-electron chi connectivity index (χ1n) is 6.20. The molecule has 0 spiro atoms. The van der Waals surface area contributed by atoms with E-state index in [9.17, 15) is 4.79 Å². The first-order valence-corrected chi connectivity index (χ1v) is 7.81. The van der Waals surface area contributed by atoms with E-state index in [1.54, 1.807) is 11.3 Å². The quantitative estimate of drug-likeness (QED) is 0.675. The van der Waals surface area contributed by atoms with Crippen molar-refractivity contribution in [3.63, 3.8) is 0 Å². The average Bonchev–Trinajstić information content (AvgIpc) is 2.81. The Morgan fingerprint density at radius 1 is 1.16 bits per heavy atom. The van der Waals surface area contributed by atoms with Crippen molar-refractivity contribution in [2.75, 3.05) is 0 Å².